The second kappa shape index (κ2) is 4.73. The molecule has 3 atom stereocenters. The van der Waals surface area contributed by atoms with E-state index in [1.54, 1.807) is 11.8 Å². The number of urea groups is 1. The van der Waals surface area contributed by atoms with E-state index < -0.39 is 11.7 Å². The Morgan fingerprint density at radius 1 is 1.53 bits per heavy atom. The minimum Gasteiger partial charge on any atom is -0.481 e. The largest absolute Gasteiger partial charge is 0.481 e. The van der Waals surface area contributed by atoms with E-state index in [4.69, 9.17) is 5.11 Å². The molecule has 2 saturated heterocycles. The van der Waals surface area contributed by atoms with E-state index in [2.05, 4.69) is 10.6 Å². The number of aliphatic hydroxyl groups is 1. The number of fused-ring (bicyclic) bond motifs is 1. The molecule has 0 unspecified atom stereocenters. The van der Waals surface area contributed by atoms with Crippen molar-refractivity contribution in [2.75, 3.05) is 5.75 Å². The predicted molar refractivity (Wildman–Crippen MR) is 62.8 cm³/mol. The summed E-state index contributed by atoms with van der Waals surface area (Å²) in [6.45, 7) is 0. The van der Waals surface area contributed by atoms with Gasteiger partial charge in [-0.1, -0.05) is 6.42 Å². The molecule has 0 aromatic carbocycles. The van der Waals surface area contributed by atoms with Gasteiger partial charge in [0.05, 0.1) is 11.3 Å². The van der Waals surface area contributed by atoms with E-state index >= 15 is 0 Å². The van der Waals surface area contributed by atoms with Crippen molar-refractivity contribution < 1.29 is 19.8 Å². The van der Waals surface area contributed by atoms with Crippen molar-refractivity contribution in [2.45, 2.75) is 42.7 Å². The summed E-state index contributed by atoms with van der Waals surface area (Å²) in [5.41, 5.74) is -1.16. The summed E-state index contributed by atoms with van der Waals surface area (Å²) in [5, 5.41) is 24.0. The number of carboxylic acids is 1. The number of unbranched alkanes of at least 4 members (excludes halogenated alkanes) is 1. The maximum atomic E-state index is 11.2. The lowest BCUT2D eigenvalue weighted by atomic mass is 9.99. The third-order valence-corrected chi connectivity index (χ3v) is 4.74. The lowest BCUT2D eigenvalue weighted by Crippen LogP contribution is -2.53. The molecule has 2 heterocycles. The van der Waals surface area contributed by atoms with Gasteiger partial charge in [0.25, 0.3) is 0 Å². The predicted octanol–water partition coefficient (Wildman–Crippen LogP) is 0.117. The maximum Gasteiger partial charge on any atom is 0.317 e. The molecule has 96 valence electrons. The first-order valence-corrected chi connectivity index (χ1v) is 6.71. The Bertz CT molecular complexity index is 338. The van der Waals surface area contributed by atoms with Crippen LogP contribution in [0.5, 0.6) is 0 Å². The zero-order chi connectivity index (χ0) is 12.5. The monoisotopic (exact) mass is 260 g/mol. The van der Waals surface area contributed by atoms with Crippen molar-refractivity contribution in [1.82, 2.24) is 10.6 Å². The van der Waals surface area contributed by atoms with Crippen molar-refractivity contribution >= 4 is 23.8 Å². The summed E-state index contributed by atoms with van der Waals surface area (Å²) in [6, 6.07) is -0.558. The van der Waals surface area contributed by atoms with Crippen molar-refractivity contribution in [3.05, 3.63) is 0 Å². The van der Waals surface area contributed by atoms with Gasteiger partial charge in [-0.15, -0.1) is 0 Å². The molecule has 17 heavy (non-hydrogen) atoms. The fourth-order valence-corrected chi connectivity index (χ4v) is 3.87. The van der Waals surface area contributed by atoms with Crippen LogP contribution in [0.15, 0.2) is 0 Å². The first-order valence-electron chi connectivity index (χ1n) is 5.67. The summed E-state index contributed by atoms with van der Waals surface area (Å²) < 4.78 is 0. The first kappa shape index (κ1) is 12.5. The molecule has 2 aliphatic heterocycles. The summed E-state index contributed by atoms with van der Waals surface area (Å²) in [5.74, 6) is -0.102. The topological polar surface area (TPSA) is 98.7 Å². The highest BCUT2D eigenvalue weighted by molar-refractivity contribution is 8.00. The Hall–Kier alpha value is -0.950. The van der Waals surface area contributed by atoms with Crippen LogP contribution in [-0.2, 0) is 4.79 Å². The number of hydrogen-bond acceptors (Lipinski definition) is 4. The minimum absolute atomic E-state index is 0.0553. The highest BCUT2D eigenvalue weighted by Crippen LogP contribution is 2.39. The van der Waals surface area contributed by atoms with Gasteiger partial charge in [0.2, 0.25) is 0 Å². The molecule has 6 nitrogen and oxygen atoms in total. The molecule has 0 bridgehead atoms. The van der Waals surface area contributed by atoms with E-state index in [-0.39, 0.29) is 23.7 Å². The van der Waals surface area contributed by atoms with Crippen LogP contribution in [0.3, 0.4) is 0 Å². The number of carbonyl (C=O) groups is 2. The average molecular weight is 260 g/mol. The van der Waals surface area contributed by atoms with E-state index in [1.807, 2.05) is 0 Å². The molecular weight excluding hydrogens is 244 g/mol. The zero-order valence-electron chi connectivity index (χ0n) is 9.31. The summed E-state index contributed by atoms with van der Waals surface area (Å²) in [4.78, 5) is 21.5. The van der Waals surface area contributed by atoms with E-state index in [0.717, 1.165) is 6.42 Å². The summed E-state index contributed by atoms with van der Waals surface area (Å²) in [7, 11) is 0. The standard InChI is InChI=1S/C10H16N2O4S/c13-8(14)4-2-1-3-7-10(16)6(5-17-7)11-9(15)12-10/h6-7,16H,1-5H2,(H,13,14)(H2,11,12,15)/t6-,7-,10+/m1/s1. The molecule has 4 N–H and O–H groups in total. The zero-order valence-corrected chi connectivity index (χ0v) is 10.1. The van der Waals surface area contributed by atoms with Crippen molar-refractivity contribution in [3.63, 3.8) is 0 Å². The van der Waals surface area contributed by atoms with Gasteiger partial charge >= 0.3 is 12.0 Å². The Kier molecular flexibility index (Phi) is 3.48. The Balaban J connectivity index is 1.82. The molecule has 2 amide bonds. The molecule has 0 aromatic heterocycles. The Morgan fingerprint density at radius 3 is 3.00 bits per heavy atom. The molecule has 0 spiro atoms. The minimum atomic E-state index is -1.16. The molecule has 2 aliphatic rings. The van der Waals surface area contributed by atoms with E-state index in [9.17, 15) is 14.7 Å². The van der Waals surface area contributed by atoms with Gasteiger partial charge in [0, 0.05) is 12.2 Å². The van der Waals surface area contributed by atoms with Gasteiger partial charge in [-0.25, -0.2) is 4.79 Å². The number of thioether (sulfide) groups is 1. The van der Waals surface area contributed by atoms with Crippen molar-refractivity contribution in [1.29, 1.82) is 0 Å². The molecule has 7 heteroatoms. The Labute approximate surface area is 103 Å². The lowest BCUT2D eigenvalue weighted by molar-refractivity contribution is -0.137. The van der Waals surface area contributed by atoms with Crippen LogP contribution in [-0.4, -0.2) is 45.0 Å². The number of hydrogen-bond donors (Lipinski definition) is 4. The normalized spacial score (nSPS) is 35.2. The molecule has 0 saturated carbocycles. The fourth-order valence-electron chi connectivity index (χ4n) is 2.30. The second-order valence-corrected chi connectivity index (χ2v) is 5.67. The van der Waals surface area contributed by atoms with Gasteiger partial charge < -0.3 is 20.8 Å². The molecule has 0 aromatic rings. The van der Waals surface area contributed by atoms with Gasteiger partial charge in [-0.3, -0.25) is 4.79 Å². The van der Waals surface area contributed by atoms with Gasteiger partial charge in [0.1, 0.15) is 0 Å². The summed E-state index contributed by atoms with van der Waals surface area (Å²) in [6.07, 6.45) is 2.22. The third kappa shape index (κ3) is 2.50. The highest BCUT2D eigenvalue weighted by atomic mass is 32.2. The van der Waals surface area contributed by atoms with Crippen LogP contribution in [0.25, 0.3) is 0 Å². The van der Waals surface area contributed by atoms with Crippen LogP contribution in [0.1, 0.15) is 25.7 Å². The second-order valence-electron chi connectivity index (χ2n) is 4.44. The number of carboxylic acid groups (broad SMARTS) is 1. The molecular formula is C10H16N2O4S. The highest BCUT2D eigenvalue weighted by Gasteiger charge is 2.55. The van der Waals surface area contributed by atoms with E-state index in [1.165, 1.54) is 0 Å². The average Bonchev–Trinajstić information content (AvgIpc) is 2.66. The van der Waals surface area contributed by atoms with Crippen LogP contribution >= 0.6 is 11.8 Å². The smallest absolute Gasteiger partial charge is 0.317 e. The van der Waals surface area contributed by atoms with Gasteiger partial charge in [-0.05, 0) is 12.8 Å². The Morgan fingerprint density at radius 2 is 2.29 bits per heavy atom. The van der Waals surface area contributed by atoms with E-state index in [0.29, 0.717) is 18.6 Å². The number of aliphatic carboxylic acids is 1. The first-order chi connectivity index (χ1) is 8.02. The molecule has 2 rings (SSSR count). The SMILES string of the molecule is O=C(O)CCCC[C@H]1SC[C@H]2NC(=O)N[C@]21O. The number of nitrogens with one attached hydrogen (secondary N) is 2. The third-order valence-electron chi connectivity index (χ3n) is 3.21. The molecule has 0 radical (unpaired) electrons. The van der Waals surface area contributed by atoms with Crippen LogP contribution in [0.4, 0.5) is 4.79 Å². The molecule has 2 fully saturated rings. The van der Waals surface area contributed by atoms with Gasteiger partial charge in [-0.2, -0.15) is 11.8 Å². The quantitative estimate of drug-likeness (QED) is 0.415. The lowest BCUT2D eigenvalue weighted by Gasteiger charge is -2.27. The molecule has 0 aliphatic carbocycles. The van der Waals surface area contributed by atoms with Crippen molar-refractivity contribution in [3.8, 4) is 0 Å². The number of amides is 2. The number of rotatable bonds is 5. The summed E-state index contributed by atoms with van der Waals surface area (Å²) >= 11 is 1.62. The van der Waals surface area contributed by atoms with Crippen LogP contribution in [0.2, 0.25) is 0 Å². The van der Waals surface area contributed by atoms with Crippen molar-refractivity contribution in [2.24, 2.45) is 0 Å². The van der Waals surface area contributed by atoms with Crippen LogP contribution < -0.4 is 10.6 Å². The fraction of sp³-hybridized carbons (Fsp3) is 0.800. The van der Waals surface area contributed by atoms with Crippen LogP contribution in [0, 0.1) is 0 Å². The van der Waals surface area contributed by atoms with Gasteiger partial charge in [0.15, 0.2) is 5.72 Å². The maximum absolute atomic E-state index is 11.2. The number of carbonyl (C=O) groups excluding carboxylic acids is 1.